The molecule has 0 fully saturated rings. The van der Waals surface area contributed by atoms with Crippen molar-refractivity contribution in [2.75, 3.05) is 12.0 Å². The molecule has 2 amide bonds. The SMILES string of the molecule is CSCCC(NC(=O)C(N)CC(C)C)C(=O)NC(Cc1c[nH]c2ccccc12)C(=O)O. The Morgan fingerprint density at radius 3 is 2.45 bits per heavy atom. The van der Waals surface area contributed by atoms with Crippen LogP contribution in [0.25, 0.3) is 10.9 Å². The largest absolute Gasteiger partial charge is 0.480 e. The van der Waals surface area contributed by atoms with Crippen molar-refractivity contribution in [1.29, 1.82) is 0 Å². The molecule has 0 spiro atoms. The molecule has 9 heteroatoms. The summed E-state index contributed by atoms with van der Waals surface area (Å²) in [5, 5.41) is 15.9. The van der Waals surface area contributed by atoms with E-state index in [1.807, 2.05) is 44.4 Å². The van der Waals surface area contributed by atoms with Gasteiger partial charge in [0.15, 0.2) is 0 Å². The van der Waals surface area contributed by atoms with E-state index in [1.165, 1.54) is 0 Å². The molecule has 1 aromatic heterocycles. The number of aliphatic carboxylic acids is 1. The number of carbonyl (C=O) groups excluding carboxylic acids is 2. The molecule has 6 N–H and O–H groups in total. The fourth-order valence-corrected chi connectivity index (χ4v) is 3.86. The molecule has 0 saturated heterocycles. The van der Waals surface area contributed by atoms with Crippen LogP contribution in [0.15, 0.2) is 30.5 Å². The number of thioether (sulfide) groups is 1. The van der Waals surface area contributed by atoms with Gasteiger partial charge in [-0.15, -0.1) is 0 Å². The van der Waals surface area contributed by atoms with E-state index in [2.05, 4.69) is 15.6 Å². The highest BCUT2D eigenvalue weighted by Crippen LogP contribution is 2.19. The molecule has 31 heavy (non-hydrogen) atoms. The maximum absolute atomic E-state index is 12.9. The van der Waals surface area contributed by atoms with Crippen molar-refractivity contribution in [2.45, 2.75) is 51.2 Å². The summed E-state index contributed by atoms with van der Waals surface area (Å²) in [4.78, 5) is 40.3. The van der Waals surface area contributed by atoms with Gasteiger partial charge < -0.3 is 26.5 Å². The van der Waals surface area contributed by atoms with Crippen molar-refractivity contribution >= 4 is 40.4 Å². The van der Waals surface area contributed by atoms with E-state index < -0.39 is 35.9 Å². The van der Waals surface area contributed by atoms with Crippen molar-refractivity contribution in [2.24, 2.45) is 11.7 Å². The number of carbonyl (C=O) groups is 3. The number of nitrogens with two attached hydrogens (primary N) is 1. The topological polar surface area (TPSA) is 137 Å². The minimum atomic E-state index is -1.13. The average Bonchev–Trinajstić information content (AvgIpc) is 3.12. The van der Waals surface area contributed by atoms with Crippen LogP contribution in [0.5, 0.6) is 0 Å². The number of aromatic nitrogens is 1. The summed E-state index contributed by atoms with van der Waals surface area (Å²) in [5.41, 5.74) is 7.64. The molecule has 0 saturated carbocycles. The minimum Gasteiger partial charge on any atom is -0.480 e. The number of carboxylic acid groups (broad SMARTS) is 1. The molecule has 0 aliphatic heterocycles. The number of benzene rings is 1. The van der Waals surface area contributed by atoms with E-state index in [0.29, 0.717) is 18.6 Å². The number of aromatic amines is 1. The van der Waals surface area contributed by atoms with Crippen molar-refractivity contribution in [3.05, 3.63) is 36.0 Å². The van der Waals surface area contributed by atoms with Gasteiger partial charge in [-0.25, -0.2) is 4.79 Å². The van der Waals surface area contributed by atoms with E-state index in [-0.39, 0.29) is 12.3 Å². The number of carboxylic acids is 1. The Labute approximate surface area is 186 Å². The number of para-hydroxylation sites is 1. The van der Waals surface area contributed by atoms with Crippen LogP contribution in [-0.4, -0.2) is 58.0 Å². The Morgan fingerprint density at radius 2 is 1.81 bits per heavy atom. The number of hydrogen-bond acceptors (Lipinski definition) is 5. The summed E-state index contributed by atoms with van der Waals surface area (Å²) in [6, 6.07) is 4.89. The molecule has 0 radical (unpaired) electrons. The van der Waals surface area contributed by atoms with Crippen molar-refractivity contribution < 1.29 is 19.5 Å². The first-order valence-electron chi connectivity index (χ1n) is 10.4. The van der Waals surface area contributed by atoms with E-state index in [9.17, 15) is 19.5 Å². The zero-order valence-corrected chi connectivity index (χ0v) is 19.0. The Hall–Kier alpha value is -2.52. The van der Waals surface area contributed by atoms with Gasteiger partial charge in [-0.3, -0.25) is 9.59 Å². The van der Waals surface area contributed by atoms with Gasteiger partial charge in [0.2, 0.25) is 11.8 Å². The Kier molecular flexibility index (Phi) is 9.39. The Bertz CT molecular complexity index is 899. The van der Waals surface area contributed by atoms with E-state index in [0.717, 1.165) is 16.5 Å². The molecule has 0 bridgehead atoms. The fourth-order valence-electron chi connectivity index (χ4n) is 3.39. The second kappa shape index (κ2) is 11.8. The molecule has 2 aromatic rings. The van der Waals surface area contributed by atoms with Crippen LogP contribution < -0.4 is 16.4 Å². The summed E-state index contributed by atoms with van der Waals surface area (Å²) < 4.78 is 0. The average molecular weight is 449 g/mol. The summed E-state index contributed by atoms with van der Waals surface area (Å²) in [5.74, 6) is -1.18. The number of fused-ring (bicyclic) bond motifs is 1. The third-order valence-electron chi connectivity index (χ3n) is 5.02. The molecule has 1 aromatic carbocycles. The predicted octanol–water partition coefficient (Wildman–Crippen LogP) is 1.89. The maximum atomic E-state index is 12.9. The number of nitrogens with one attached hydrogen (secondary N) is 3. The zero-order valence-electron chi connectivity index (χ0n) is 18.2. The standard InChI is InChI=1S/C22H32N4O4S/c1-13(2)10-16(23)20(27)25-18(8-9-31-3)21(28)26-19(22(29)30)11-14-12-24-17-7-5-4-6-15(14)17/h4-7,12-13,16,18-19,24H,8-11,23H2,1-3H3,(H,25,27)(H,26,28)(H,29,30). The monoisotopic (exact) mass is 448 g/mol. The molecule has 0 aliphatic rings. The van der Waals surface area contributed by atoms with E-state index in [4.69, 9.17) is 5.73 Å². The maximum Gasteiger partial charge on any atom is 0.326 e. The lowest BCUT2D eigenvalue weighted by Gasteiger charge is -2.23. The van der Waals surface area contributed by atoms with Crippen molar-refractivity contribution in [3.63, 3.8) is 0 Å². The molecule has 3 atom stereocenters. The zero-order chi connectivity index (χ0) is 23.0. The van der Waals surface area contributed by atoms with Gasteiger partial charge in [0.25, 0.3) is 0 Å². The third kappa shape index (κ3) is 7.29. The minimum absolute atomic E-state index is 0.126. The Morgan fingerprint density at radius 1 is 1.13 bits per heavy atom. The molecular weight excluding hydrogens is 416 g/mol. The van der Waals surface area contributed by atoms with Gasteiger partial charge in [0.05, 0.1) is 6.04 Å². The van der Waals surface area contributed by atoms with Crippen LogP contribution >= 0.6 is 11.8 Å². The second-order valence-corrected chi connectivity index (χ2v) is 9.03. The summed E-state index contributed by atoms with van der Waals surface area (Å²) in [6.45, 7) is 3.93. The number of rotatable bonds is 12. The lowest BCUT2D eigenvalue weighted by Crippen LogP contribution is -2.55. The molecule has 1 heterocycles. The first-order chi connectivity index (χ1) is 14.7. The first kappa shape index (κ1) is 24.7. The van der Waals surface area contributed by atoms with Crippen LogP contribution in [0.3, 0.4) is 0 Å². The lowest BCUT2D eigenvalue weighted by molar-refractivity contribution is -0.142. The van der Waals surface area contributed by atoms with E-state index in [1.54, 1.807) is 18.0 Å². The number of amides is 2. The lowest BCUT2D eigenvalue weighted by atomic mass is 10.0. The molecular formula is C22H32N4O4S. The van der Waals surface area contributed by atoms with Crippen molar-refractivity contribution in [1.82, 2.24) is 15.6 Å². The van der Waals surface area contributed by atoms with E-state index >= 15 is 0 Å². The predicted molar refractivity (Wildman–Crippen MR) is 124 cm³/mol. The van der Waals surface area contributed by atoms with Gasteiger partial charge in [0, 0.05) is 23.5 Å². The summed E-state index contributed by atoms with van der Waals surface area (Å²) in [7, 11) is 0. The highest BCUT2D eigenvalue weighted by atomic mass is 32.2. The Balaban J connectivity index is 2.10. The normalized spacial score (nSPS) is 14.2. The first-order valence-corrected chi connectivity index (χ1v) is 11.7. The van der Waals surface area contributed by atoms with Crippen LogP contribution in [-0.2, 0) is 20.8 Å². The van der Waals surface area contributed by atoms with Crippen molar-refractivity contribution in [3.8, 4) is 0 Å². The molecule has 0 aliphatic carbocycles. The fraction of sp³-hybridized carbons (Fsp3) is 0.500. The smallest absolute Gasteiger partial charge is 0.326 e. The molecule has 170 valence electrons. The molecule has 3 unspecified atom stereocenters. The van der Waals surface area contributed by atoms with Crippen LogP contribution in [0, 0.1) is 5.92 Å². The van der Waals surface area contributed by atoms with Gasteiger partial charge in [0.1, 0.15) is 12.1 Å². The highest BCUT2D eigenvalue weighted by Gasteiger charge is 2.28. The molecule has 8 nitrogen and oxygen atoms in total. The third-order valence-corrected chi connectivity index (χ3v) is 5.66. The highest BCUT2D eigenvalue weighted by molar-refractivity contribution is 7.98. The van der Waals surface area contributed by atoms with Gasteiger partial charge in [-0.1, -0.05) is 32.0 Å². The summed E-state index contributed by atoms with van der Waals surface area (Å²) in [6.07, 6.45) is 4.66. The quantitative estimate of drug-likeness (QED) is 0.336. The summed E-state index contributed by atoms with van der Waals surface area (Å²) >= 11 is 1.54. The second-order valence-electron chi connectivity index (χ2n) is 8.04. The van der Waals surface area contributed by atoms with Crippen LogP contribution in [0.4, 0.5) is 0 Å². The molecule has 2 rings (SSSR count). The van der Waals surface area contributed by atoms with Gasteiger partial charge in [-0.05, 0) is 42.4 Å². The van der Waals surface area contributed by atoms with Gasteiger partial charge in [-0.2, -0.15) is 11.8 Å². The van der Waals surface area contributed by atoms with Crippen LogP contribution in [0.1, 0.15) is 32.3 Å². The van der Waals surface area contributed by atoms with Gasteiger partial charge >= 0.3 is 5.97 Å². The number of hydrogen-bond donors (Lipinski definition) is 5. The van der Waals surface area contributed by atoms with Crippen LogP contribution in [0.2, 0.25) is 0 Å². The number of H-pyrrole nitrogens is 1.